The highest BCUT2D eigenvalue weighted by atomic mass is 79.9. The van der Waals surface area contributed by atoms with Crippen LogP contribution in [0.3, 0.4) is 0 Å². The number of nitrogens with one attached hydrogen (secondary N) is 1. The van der Waals surface area contributed by atoms with Gasteiger partial charge in [-0.2, -0.15) is 0 Å². The third-order valence-electron chi connectivity index (χ3n) is 2.86. The summed E-state index contributed by atoms with van der Waals surface area (Å²) in [6.07, 6.45) is 2.24. The molecule has 1 aromatic carbocycles. The predicted molar refractivity (Wildman–Crippen MR) is 89.0 cm³/mol. The number of carbonyl (C=O) groups excluding carboxylic acids is 1. The van der Waals surface area contributed by atoms with Gasteiger partial charge in [0.1, 0.15) is 5.15 Å². The van der Waals surface area contributed by atoms with E-state index in [0.29, 0.717) is 21.5 Å². The monoisotopic (exact) mass is 386 g/mol. The molecule has 1 aromatic heterocycles. The van der Waals surface area contributed by atoms with Crippen molar-refractivity contribution < 1.29 is 4.79 Å². The summed E-state index contributed by atoms with van der Waals surface area (Å²) >= 11 is 15.2. The van der Waals surface area contributed by atoms with Gasteiger partial charge in [0.05, 0.1) is 5.56 Å². The highest BCUT2D eigenvalue weighted by molar-refractivity contribution is 9.10. The van der Waals surface area contributed by atoms with Gasteiger partial charge in [0.25, 0.3) is 5.91 Å². The van der Waals surface area contributed by atoms with E-state index in [-0.39, 0.29) is 17.1 Å². The van der Waals surface area contributed by atoms with Gasteiger partial charge in [0.15, 0.2) is 0 Å². The molecule has 6 heteroatoms. The zero-order chi connectivity index (χ0) is 15.4. The minimum atomic E-state index is -0.247. The number of amides is 1. The average Bonchev–Trinajstić information content (AvgIpc) is 2.41. The highest BCUT2D eigenvalue weighted by Gasteiger charge is 2.15. The van der Waals surface area contributed by atoms with Crippen LogP contribution in [0.25, 0.3) is 0 Å². The fraction of sp³-hybridized carbons (Fsp3) is 0.200. The maximum Gasteiger partial charge on any atom is 0.254 e. The molecule has 0 radical (unpaired) electrons. The summed E-state index contributed by atoms with van der Waals surface area (Å²) in [6, 6.07) is 9.17. The first kappa shape index (κ1) is 16.3. The Morgan fingerprint density at radius 2 is 2.14 bits per heavy atom. The van der Waals surface area contributed by atoms with Crippen molar-refractivity contribution in [2.24, 2.45) is 0 Å². The van der Waals surface area contributed by atoms with Gasteiger partial charge in [-0.15, -0.1) is 0 Å². The van der Waals surface area contributed by atoms with Crippen LogP contribution >= 0.6 is 39.1 Å². The Hall–Kier alpha value is -1.10. The quantitative estimate of drug-likeness (QED) is 0.784. The zero-order valence-corrected chi connectivity index (χ0v) is 14.3. The van der Waals surface area contributed by atoms with Crippen LogP contribution in [-0.2, 0) is 6.42 Å². The van der Waals surface area contributed by atoms with Crippen LogP contribution in [0.5, 0.6) is 0 Å². The molecule has 0 bridgehead atoms. The first-order valence-corrected chi connectivity index (χ1v) is 7.87. The summed E-state index contributed by atoms with van der Waals surface area (Å²) in [7, 11) is 0. The molecule has 110 valence electrons. The third kappa shape index (κ3) is 4.70. The molecular weight excluding hydrogens is 375 g/mol. The van der Waals surface area contributed by atoms with E-state index in [1.807, 2.05) is 31.2 Å². The number of aromatic nitrogens is 1. The van der Waals surface area contributed by atoms with E-state index in [4.69, 9.17) is 23.2 Å². The summed E-state index contributed by atoms with van der Waals surface area (Å²) in [4.78, 5) is 16.1. The fourth-order valence-corrected chi connectivity index (χ4v) is 2.69. The Morgan fingerprint density at radius 1 is 1.38 bits per heavy atom. The second-order valence-electron chi connectivity index (χ2n) is 4.70. The van der Waals surface area contributed by atoms with Gasteiger partial charge < -0.3 is 5.32 Å². The van der Waals surface area contributed by atoms with Crippen LogP contribution in [-0.4, -0.2) is 16.9 Å². The van der Waals surface area contributed by atoms with Crippen molar-refractivity contribution in [3.63, 3.8) is 0 Å². The lowest BCUT2D eigenvalue weighted by molar-refractivity contribution is 0.0940. The molecule has 0 spiro atoms. The van der Waals surface area contributed by atoms with E-state index in [1.54, 1.807) is 12.3 Å². The highest BCUT2D eigenvalue weighted by Crippen LogP contribution is 2.18. The van der Waals surface area contributed by atoms with Gasteiger partial charge in [0.2, 0.25) is 0 Å². The first-order chi connectivity index (χ1) is 9.95. The molecule has 1 amide bonds. The summed E-state index contributed by atoms with van der Waals surface area (Å²) in [6.45, 7) is 1.93. The molecule has 21 heavy (non-hydrogen) atoms. The Balaban J connectivity index is 2.03. The lowest BCUT2D eigenvalue weighted by Gasteiger charge is -2.14. The predicted octanol–water partition coefficient (Wildman–Crippen LogP) is 4.51. The van der Waals surface area contributed by atoms with Crippen LogP contribution in [0, 0.1) is 0 Å². The molecule has 1 atom stereocenters. The number of hydrogen-bond donors (Lipinski definition) is 1. The van der Waals surface area contributed by atoms with E-state index in [0.717, 1.165) is 5.56 Å². The molecule has 0 fully saturated rings. The SMILES string of the molecule is CC(Cc1cccc(Cl)c1)NC(=O)c1cc(Br)cnc1Cl. The number of nitrogens with zero attached hydrogens (tertiary/aromatic N) is 1. The van der Waals surface area contributed by atoms with Gasteiger partial charge in [-0.25, -0.2) is 4.98 Å². The first-order valence-electron chi connectivity index (χ1n) is 6.32. The largest absolute Gasteiger partial charge is 0.349 e. The minimum Gasteiger partial charge on any atom is -0.349 e. The Bertz CT molecular complexity index is 664. The summed E-state index contributed by atoms with van der Waals surface area (Å²) < 4.78 is 0.708. The topological polar surface area (TPSA) is 42.0 Å². The van der Waals surface area contributed by atoms with Crippen molar-refractivity contribution >= 4 is 45.0 Å². The van der Waals surface area contributed by atoms with Gasteiger partial charge in [-0.05, 0) is 53.0 Å². The van der Waals surface area contributed by atoms with Crippen LogP contribution in [0.15, 0.2) is 41.0 Å². The Labute approximate surface area is 141 Å². The van der Waals surface area contributed by atoms with E-state index in [1.165, 1.54) is 0 Å². The number of benzene rings is 1. The third-order valence-corrected chi connectivity index (χ3v) is 3.83. The van der Waals surface area contributed by atoms with Crippen LogP contribution in [0.2, 0.25) is 10.2 Å². The lowest BCUT2D eigenvalue weighted by Crippen LogP contribution is -2.34. The molecule has 0 saturated heterocycles. The molecule has 0 saturated carbocycles. The molecule has 1 N–H and O–H groups in total. The van der Waals surface area contributed by atoms with Gasteiger partial charge in [-0.1, -0.05) is 35.3 Å². The van der Waals surface area contributed by atoms with E-state index >= 15 is 0 Å². The van der Waals surface area contributed by atoms with Crippen molar-refractivity contribution in [2.75, 3.05) is 0 Å². The summed E-state index contributed by atoms with van der Waals surface area (Å²) in [5, 5.41) is 3.78. The second kappa shape index (κ2) is 7.25. The summed E-state index contributed by atoms with van der Waals surface area (Å²) in [5.74, 6) is -0.247. The number of rotatable bonds is 4. The van der Waals surface area contributed by atoms with Crippen LogP contribution in [0.4, 0.5) is 0 Å². The number of hydrogen-bond acceptors (Lipinski definition) is 2. The smallest absolute Gasteiger partial charge is 0.254 e. The van der Waals surface area contributed by atoms with Crippen molar-refractivity contribution in [3.8, 4) is 0 Å². The zero-order valence-electron chi connectivity index (χ0n) is 11.2. The molecule has 1 heterocycles. The molecule has 3 nitrogen and oxygen atoms in total. The van der Waals surface area contributed by atoms with Crippen molar-refractivity contribution in [1.29, 1.82) is 0 Å². The standard InChI is InChI=1S/C15H13BrCl2N2O/c1-9(5-10-3-2-4-12(17)6-10)20-15(21)13-7-11(16)8-19-14(13)18/h2-4,6-9H,5H2,1H3,(H,20,21). The fourth-order valence-electron chi connectivity index (χ4n) is 1.95. The van der Waals surface area contributed by atoms with Gasteiger partial charge >= 0.3 is 0 Å². The number of carbonyl (C=O) groups is 1. The van der Waals surface area contributed by atoms with Crippen LogP contribution < -0.4 is 5.32 Å². The molecule has 0 aliphatic rings. The number of pyridine rings is 1. The van der Waals surface area contributed by atoms with Gasteiger partial charge in [-0.3, -0.25) is 4.79 Å². The van der Waals surface area contributed by atoms with E-state index in [9.17, 15) is 4.79 Å². The van der Waals surface area contributed by atoms with Crippen molar-refractivity contribution in [2.45, 2.75) is 19.4 Å². The Morgan fingerprint density at radius 3 is 2.86 bits per heavy atom. The molecule has 1 unspecified atom stereocenters. The maximum absolute atomic E-state index is 12.2. The molecule has 0 aliphatic heterocycles. The van der Waals surface area contributed by atoms with Crippen LogP contribution in [0.1, 0.15) is 22.8 Å². The van der Waals surface area contributed by atoms with Crippen molar-refractivity contribution in [3.05, 3.63) is 62.3 Å². The average molecular weight is 388 g/mol. The minimum absolute atomic E-state index is 0.0500. The number of halogens is 3. The van der Waals surface area contributed by atoms with E-state index in [2.05, 4.69) is 26.2 Å². The maximum atomic E-state index is 12.2. The lowest BCUT2D eigenvalue weighted by atomic mass is 10.1. The molecule has 2 aromatic rings. The van der Waals surface area contributed by atoms with Gasteiger partial charge in [0, 0.05) is 21.7 Å². The molecule has 0 aliphatic carbocycles. The molecule has 2 rings (SSSR count). The van der Waals surface area contributed by atoms with E-state index < -0.39 is 0 Å². The Kier molecular flexibility index (Phi) is 5.62. The second-order valence-corrected chi connectivity index (χ2v) is 6.41. The summed E-state index contributed by atoms with van der Waals surface area (Å²) in [5.41, 5.74) is 1.41. The normalized spacial score (nSPS) is 12.0. The molecular formula is C15H13BrCl2N2O. The van der Waals surface area contributed by atoms with Crippen molar-refractivity contribution in [1.82, 2.24) is 10.3 Å².